The summed E-state index contributed by atoms with van der Waals surface area (Å²) in [6.07, 6.45) is 8.57. The van der Waals surface area contributed by atoms with Crippen LogP contribution in [0.3, 0.4) is 0 Å². The van der Waals surface area contributed by atoms with Crippen LogP contribution < -0.4 is 26.0 Å². The Morgan fingerprint density at radius 3 is 1.44 bits per heavy atom. The van der Waals surface area contributed by atoms with Crippen LogP contribution in [0.5, 0.6) is 5.75 Å². The predicted octanol–water partition coefficient (Wildman–Crippen LogP) is 8.56. The molecule has 0 saturated heterocycles. The Morgan fingerprint density at radius 1 is 0.443 bits per heavy atom. The van der Waals surface area contributed by atoms with E-state index in [9.17, 15) is 51.1 Å². The molecule has 1 aliphatic rings. The fourth-order valence-corrected chi connectivity index (χ4v) is 9.53. The molecule has 0 aliphatic heterocycles. The summed E-state index contributed by atoms with van der Waals surface area (Å²) in [5.41, 5.74) is 24.5. The maximum absolute atomic E-state index is 14.3. The lowest BCUT2D eigenvalue weighted by Crippen LogP contribution is -2.44. The number of amides is 4. The number of ether oxygens (including phenoxy) is 10. The summed E-state index contributed by atoms with van der Waals surface area (Å²) in [5.74, 6) is -10.4. The summed E-state index contributed by atoms with van der Waals surface area (Å²) in [7, 11) is 0. The van der Waals surface area contributed by atoms with Gasteiger partial charge in [0, 0.05) is 117 Å². The second-order valence-corrected chi connectivity index (χ2v) is 22.6. The van der Waals surface area contributed by atoms with Crippen molar-refractivity contribution in [2.75, 3.05) is 158 Å². The molecule has 4 N–H and O–H groups in total. The van der Waals surface area contributed by atoms with Gasteiger partial charge in [-0.05, 0) is 112 Å². The molecule has 1 saturated carbocycles. The predicted molar refractivity (Wildman–Crippen MR) is 344 cm³/mol. The zero-order valence-corrected chi connectivity index (χ0v) is 56.1. The summed E-state index contributed by atoms with van der Waals surface area (Å²) in [4.78, 5) is 99.1. The molecule has 2 unspecified atom stereocenters. The van der Waals surface area contributed by atoms with Gasteiger partial charge in [-0.15, -0.1) is 0 Å². The maximum atomic E-state index is 14.3. The number of Topliss-reactive ketones (excluding diaryl/α,β-unsaturated/α-hetero) is 2. The van der Waals surface area contributed by atoms with Crippen molar-refractivity contribution in [2.45, 2.75) is 148 Å². The number of halogens is 4. The number of benzene rings is 1. The van der Waals surface area contributed by atoms with Gasteiger partial charge < -0.3 is 68.6 Å². The second-order valence-electron chi connectivity index (χ2n) is 22.6. The molecule has 0 heterocycles. The molecule has 2 rings (SSSR count). The van der Waals surface area contributed by atoms with Gasteiger partial charge in [-0.1, -0.05) is 28.2 Å². The molecule has 1 aliphatic carbocycles. The number of esters is 1. The summed E-state index contributed by atoms with van der Waals surface area (Å²) < 4.78 is 109. The third-order valence-electron chi connectivity index (χ3n) is 15.1. The standard InChI is InChI=1S/C63H101F4N13O17/c1-47-58(64)59(65)60(66)61(67)62(47)97-57(86)21-33-92-39-43-96-45-44-95-42-36-88-28-8-2-3-13-53(82)52(12-5-7-23-72-55(84)20-32-91-38-41-94-35-27-76-80-70)77-63(87)48(10-4-6-22-71-54(83)19-31-90-37-40-93-34-26-75-79-69)14-15-51(81)11-9-24-73-56(85)18-30-89-29-17-50-46-49(50)16-25-74-78-68/h48-50,52H,2-46H2,1H3,(H,71,83)(H,72,84)(H,73,85)(H,77,87)/t48-,49?,50?,52+/m1/s1. The van der Waals surface area contributed by atoms with Gasteiger partial charge in [0.25, 0.3) is 0 Å². The number of nitrogens with one attached hydrogen (secondary N) is 4. The van der Waals surface area contributed by atoms with Crippen LogP contribution in [0.2, 0.25) is 0 Å². The Balaban J connectivity index is 1.88. The molecular weight excluding hydrogens is 1290 g/mol. The first-order valence-electron chi connectivity index (χ1n) is 33.5. The molecule has 4 amide bonds. The van der Waals surface area contributed by atoms with Crippen LogP contribution in [0.4, 0.5) is 17.6 Å². The Morgan fingerprint density at radius 2 is 0.897 bits per heavy atom. The van der Waals surface area contributed by atoms with Crippen molar-refractivity contribution in [1.29, 1.82) is 0 Å². The van der Waals surface area contributed by atoms with E-state index in [2.05, 4.69) is 56.1 Å². The van der Waals surface area contributed by atoms with E-state index >= 15 is 0 Å². The third kappa shape index (κ3) is 45.4. The smallest absolute Gasteiger partial charge is 0.313 e. The molecular formula is C63H101F4N13O17. The van der Waals surface area contributed by atoms with Crippen LogP contribution in [0.25, 0.3) is 31.3 Å². The van der Waals surface area contributed by atoms with Gasteiger partial charge in [-0.2, -0.15) is 4.39 Å². The minimum atomic E-state index is -2.09. The van der Waals surface area contributed by atoms with Crippen molar-refractivity contribution in [2.24, 2.45) is 33.1 Å². The first kappa shape index (κ1) is 86.3. The van der Waals surface area contributed by atoms with Crippen molar-refractivity contribution >= 4 is 41.2 Å². The van der Waals surface area contributed by atoms with Crippen LogP contribution in [0.1, 0.15) is 140 Å². The van der Waals surface area contributed by atoms with Gasteiger partial charge in [0.15, 0.2) is 23.2 Å². The first-order valence-corrected chi connectivity index (χ1v) is 33.5. The molecule has 4 atom stereocenters. The number of nitrogens with zero attached hydrogens (tertiary/aromatic N) is 9. The van der Waals surface area contributed by atoms with E-state index in [-0.39, 0.29) is 199 Å². The highest BCUT2D eigenvalue weighted by Gasteiger charge is 2.35. The summed E-state index contributed by atoms with van der Waals surface area (Å²) in [6.45, 7) is 7.14. The van der Waals surface area contributed by atoms with E-state index < -0.39 is 52.5 Å². The number of unbranched alkanes of at least 4 members (excludes halogenated alkanes) is 4. The molecule has 0 bridgehead atoms. The number of rotatable bonds is 66. The topological polar surface area (TPSA) is 406 Å². The normalized spacial score (nSPS) is 13.7. The molecule has 548 valence electrons. The highest BCUT2D eigenvalue weighted by Crippen LogP contribution is 2.43. The molecule has 0 radical (unpaired) electrons. The minimum absolute atomic E-state index is 0.0805. The van der Waals surface area contributed by atoms with Crippen LogP contribution in [-0.4, -0.2) is 205 Å². The van der Waals surface area contributed by atoms with Gasteiger partial charge in [-0.25, -0.2) is 13.2 Å². The van der Waals surface area contributed by atoms with Crippen molar-refractivity contribution in [3.63, 3.8) is 0 Å². The van der Waals surface area contributed by atoms with Crippen LogP contribution in [0.15, 0.2) is 15.3 Å². The molecule has 0 spiro atoms. The van der Waals surface area contributed by atoms with Crippen molar-refractivity contribution in [3.8, 4) is 5.75 Å². The van der Waals surface area contributed by atoms with E-state index in [1.54, 1.807) is 0 Å². The number of hydrogen-bond acceptors (Lipinski definition) is 20. The molecule has 1 fully saturated rings. The van der Waals surface area contributed by atoms with E-state index in [1.165, 1.54) is 0 Å². The van der Waals surface area contributed by atoms with E-state index in [0.29, 0.717) is 122 Å². The molecule has 1 aromatic carbocycles. The van der Waals surface area contributed by atoms with Gasteiger partial charge in [0.1, 0.15) is 5.78 Å². The van der Waals surface area contributed by atoms with E-state index in [1.807, 2.05) is 0 Å². The number of ketones is 2. The van der Waals surface area contributed by atoms with Crippen LogP contribution in [-0.2, 0) is 76.2 Å². The minimum Gasteiger partial charge on any atom is -0.423 e. The first-order chi connectivity index (χ1) is 47.1. The number of carbonyl (C=O) groups excluding carboxylic acids is 7. The quantitative estimate of drug-likeness (QED) is 0.00546. The Kier molecular flexibility index (Phi) is 51.8. The highest BCUT2D eigenvalue weighted by atomic mass is 19.2. The van der Waals surface area contributed by atoms with Crippen molar-refractivity contribution in [3.05, 3.63) is 60.2 Å². The zero-order chi connectivity index (χ0) is 70.8. The Hall–Kier alpha value is -6.80. The van der Waals surface area contributed by atoms with Gasteiger partial charge in [-0.3, -0.25) is 33.6 Å². The average Bonchev–Trinajstić information content (AvgIpc) is 1.41. The SMILES string of the molecule is Cc1c(F)c(F)c(F)c(F)c1OC(=O)CCOCCOCCOCCOCCCCCC(=O)[C@H](CCCCNC(=O)CCOCCOCCN=[N+]=[N-])NC(=O)[C@H](CCCCNC(=O)CCOCCOCCN=[N+]=[N-])CCC(=O)CCCNC(=O)CCOCCC1CC1CCN=[N+]=[N-]. The maximum Gasteiger partial charge on any atom is 0.313 e. The van der Waals surface area contributed by atoms with Crippen LogP contribution in [0, 0.1) is 47.9 Å². The van der Waals surface area contributed by atoms with Gasteiger partial charge >= 0.3 is 5.97 Å². The molecule has 1 aromatic rings. The van der Waals surface area contributed by atoms with Crippen LogP contribution >= 0.6 is 0 Å². The van der Waals surface area contributed by atoms with Gasteiger partial charge in [0.05, 0.1) is 118 Å². The van der Waals surface area contributed by atoms with E-state index in [4.69, 9.17) is 59.2 Å². The lowest BCUT2D eigenvalue weighted by atomic mass is 9.92. The summed E-state index contributed by atoms with van der Waals surface area (Å²) in [6, 6.07) is -0.841. The molecule has 30 nitrogen and oxygen atoms in total. The monoisotopic (exact) mass is 1390 g/mol. The molecule has 97 heavy (non-hydrogen) atoms. The number of azide groups is 3. The van der Waals surface area contributed by atoms with Crippen molar-refractivity contribution < 1.29 is 98.5 Å². The summed E-state index contributed by atoms with van der Waals surface area (Å²) in [5, 5.41) is 21.9. The fourth-order valence-electron chi connectivity index (χ4n) is 9.53. The lowest BCUT2D eigenvalue weighted by Gasteiger charge is -2.22. The van der Waals surface area contributed by atoms with E-state index in [0.717, 1.165) is 26.2 Å². The Bertz CT molecular complexity index is 2560. The fraction of sp³-hybridized carbons (Fsp3) is 0.794. The molecule has 0 aromatic heterocycles. The highest BCUT2D eigenvalue weighted by molar-refractivity contribution is 5.90. The average molecular weight is 1390 g/mol. The zero-order valence-electron chi connectivity index (χ0n) is 56.1. The van der Waals surface area contributed by atoms with Gasteiger partial charge in [0.2, 0.25) is 35.3 Å². The number of hydrogen-bond donors (Lipinski definition) is 4. The molecule has 34 heteroatoms. The largest absolute Gasteiger partial charge is 0.423 e. The second kappa shape index (κ2) is 58.2. The number of carbonyl (C=O) groups is 7. The third-order valence-corrected chi connectivity index (χ3v) is 15.1. The Labute approximate surface area is 564 Å². The summed E-state index contributed by atoms with van der Waals surface area (Å²) >= 11 is 0. The lowest BCUT2D eigenvalue weighted by molar-refractivity contribution is -0.136. The van der Waals surface area contributed by atoms with Crippen molar-refractivity contribution in [1.82, 2.24) is 21.3 Å².